The van der Waals surface area contributed by atoms with E-state index in [1.807, 2.05) is 37.2 Å². The highest BCUT2D eigenvalue weighted by molar-refractivity contribution is 7.99. The van der Waals surface area contributed by atoms with E-state index in [0.717, 1.165) is 53.1 Å². The van der Waals surface area contributed by atoms with Crippen molar-refractivity contribution < 1.29 is 4.79 Å². The quantitative estimate of drug-likeness (QED) is 0.167. The van der Waals surface area contributed by atoms with Gasteiger partial charge in [0, 0.05) is 43.1 Å². The van der Waals surface area contributed by atoms with E-state index >= 15 is 0 Å². The summed E-state index contributed by atoms with van der Waals surface area (Å²) in [6.45, 7) is 6.37. The number of rotatable bonds is 12. The average molecular weight is 528 g/mol. The number of hydrogen-bond acceptors (Lipinski definition) is 5. The molecule has 38 heavy (non-hydrogen) atoms. The monoisotopic (exact) mass is 527 g/mol. The first-order valence-electron chi connectivity index (χ1n) is 13.1. The van der Waals surface area contributed by atoms with Crippen molar-refractivity contribution in [1.82, 2.24) is 24.6 Å². The molecule has 0 radical (unpaired) electrons. The molecule has 4 rings (SSSR count). The molecular formula is C31H37N5OS. The van der Waals surface area contributed by atoms with Crippen molar-refractivity contribution in [1.29, 1.82) is 0 Å². The summed E-state index contributed by atoms with van der Waals surface area (Å²) in [6, 6.07) is 27.0. The zero-order valence-electron chi connectivity index (χ0n) is 22.8. The van der Waals surface area contributed by atoms with Crippen LogP contribution in [0.25, 0.3) is 17.1 Å². The van der Waals surface area contributed by atoms with Crippen LogP contribution in [0, 0.1) is 13.8 Å². The van der Waals surface area contributed by atoms with Crippen LogP contribution in [0.3, 0.4) is 0 Å². The third-order valence-corrected chi connectivity index (χ3v) is 7.40. The molecule has 0 aliphatic heterocycles. The molecule has 0 saturated heterocycles. The second kappa shape index (κ2) is 13.4. The lowest BCUT2D eigenvalue weighted by atomic mass is 10.1. The summed E-state index contributed by atoms with van der Waals surface area (Å²) in [5, 5.41) is 9.94. The summed E-state index contributed by atoms with van der Waals surface area (Å²) in [6.07, 6.45) is 1.29. The molecule has 3 aromatic carbocycles. The normalized spacial score (nSPS) is 11.2. The van der Waals surface area contributed by atoms with Gasteiger partial charge in [-0.1, -0.05) is 89.6 Å². The first-order valence-corrected chi connectivity index (χ1v) is 14.1. The highest BCUT2D eigenvalue weighted by Gasteiger charge is 2.18. The Morgan fingerprint density at radius 1 is 0.842 bits per heavy atom. The molecule has 0 saturated carbocycles. The highest BCUT2D eigenvalue weighted by atomic mass is 32.2. The number of benzene rings is 3. The lowest BCUT2D eigenvalue weighted by molar-refractivity contribution is -0.132. The van der Waals surface area contributed by atoms with Crippen molar-refractivity contribution in [2.75, 3.05) is 32.9 Å². The summed E-state index contributed by atoms with van der Waals surface area (Å²) >= 11 is 1.65. The average Bonchev–Trinajstić information content (AvgIpc) is 3.34. The third-order valence-electron chi connectivity index (χ3n) is 6.39. The van der Waals surface area contributed by atoms with Crippen molar-refractivity contribution >= 4 is 17.7 Å². The van der Waals surface area contributed by atoms with E-state index in [9.17, 15) is 4.79 Å². The number of likely N-dealkylation sites (N-methyl/N-ethyl adjacent to an activating group) is 1. The number of hydrogen-bond donors (Lipinski definition) is 0. The Kier molecular flexibility index (Phi) is 9.73. The van der Waals surface area contributed by atoms with Crippen LogP contribution < -0.4 is 0 Å². The van der Waals surface area contributed by atoms with Crippen LogP contribution in [-0.2, 0) is 11.3 Å². The molecular weight excluding hydrogens is 490 g/mol. The Bertz CT molecular complexity index is 1300. The van der Waals surface area contributed by atoms with Gasteiger partial charge in [0.2, 0.25) is 5.91 Å². The molecule has 0 fully saturated rings. The first-order chi connectivity index (χ1) is 18.4. The number of carbonyl (C=O) groups is 1. The van der Waals surface area contributed by atoms with Crippen LogP contribution in [0.15, 0.2) is 84.0 Å². The van der Waals surface area contributed by atoms with Gasteiger partial charge in [0.25, 0.3) is 0 Å². The van der Waals surface area contributed by atoms with Gasteiger partial charge in [-0.25, -0.2) is 0 Å². The number of amides is 1. The smallest absolute Gasteiger partial charge is 0.222 e. The van der Waals surface area contributed by atoms with E-state index in [0.29, 0.717) is 13.0 Å². The fourth-order valence-corrected chi connectivity index (χ4v) is 5.03. The van der Waals surface area contributed by atoms with E-state index in [2.05, 4.69) is 94.2 Å². The molecule has 4 aromatic rings. The van der Waals surface area contributed by atoms with Crippen molar-refractivity contribution in [2.45, 2.75) is 38.4 Å². The summed E-state index contributed by atoms with van der Waals surface area (Å²) in [5.41, 5.74) is 5.64. The zero-order valence-corrected chi connectivity index (χ0v) is 23.6. The number of carbonyl (C=O) groups excluding carboxylic acids is 1. The topological polar surface area (TPSA) is 54.3 Å². The maximum absolute atomic E-state index is 13.2. The predicted octanol–water partition coefficient (Wildman–Crippen LogP) is 6.01. The first kappa shape index (κ1) is 27.6. The van der Waals surface area contributed by atoms with Crippen molar-refractivity contribution in [3.05, 3.63) is 95.6 Å². The summed E-state index contributed by atoms with van der Waals surface area (Å²) in [5.74, 6) is 1.80. The third kappa shape index (κ3) is 7.55. The second-order valence-corrected chi connectivity index (χ2v) is 11.0. The lowest BCUT2D eigenvalue weighted by Crippen LogP contribution is -2.36. The van der Waals surface area contributed by atoms with Gasteiger partial charge in [-0.15, -0.1) is 10.2 Å². The number of aromatic nitrogens is 3. The van der Waals surface area contributed by atoms with Crippen LogP contribution >= 0.6 is 11.8 Å². The summed E-state index contributed by atoms with van der Waals surface area (Å²) < 4.78 is 2.12. The van der Waals surface area contributed by atoms with E-state index in [4.69, 9.17) is 0 Å². The maximum atomic E-state index is 13.2. The SMILES string of the molecule is Cc1ccc(-c2nnc(SCCCC(=O)N(CCN(C)C)Cc3ccccc3)n2-c2ccc(C)cc2)cc1. The van der Waals surface area contributed by atoms with Crippen molar-refractivity contribution in [3.63, 3.8) is 0 Å². The van der Waals surface area contributed by atoms with Crippen LogP contribution in [0.5, 0.6) is 0 Å². The Balaban J connectivity index is 1.43. The molecule has 0 atom stereocenters. The Morgan fingerprint density at radius 3 is 2.16 bits per heavy atom. The zero-order chi connectivity index (χ0) is 26.9. The van der Waals surface area contributed by atoms with E-state index < -0.39 is 0 Å². The fraction of sp³-hybridized carbons (Fsp3) is 0.323. The van der Waals surface area contributed by atoms with Crippen molar-refractivity contribution in [2.24, 2.45) is 0 Å². The Morgan fingerprint density at radius 2 is 1.50 bits per heavy atom. The van der Waals surface area contributed by atoms with Gasteiger partial charge in [0.15, 0.2) is 11.0 Å². The standard InChI is InChI=1S/C31H37N5OS/c1-24-12-16-27(17-13-24)30-32-33-31(36(30)28-18-14-25(2)15-19-28)38-22-8-11-29(37)35(21-20-34(3)4)23-26-9-6-5-7-10-26/h5-7,9-10,12-19H,8,11,20-23H2,1-4H3. The molecule has 0 unspecified atom stereocenters. The molecule has 6 nitrogen and oxygen atoms in total. The van der Waals surface area contributed by atoms with Crippen LogP contribution in [0.4, 0.5) is 0 Å². The Labute approximate surface area is 230 Å². The molecule has 0 N–H and O–H groups in total. The van der Waals surface area contributed by atoms with Crippen LogP contribution in [-0.4, -0.2) is 63.4 Å². The maximum Gasteiger partial charge on any atom is 0.222 e. The molecule has 0 bridgehead atoms. The molecule has 1 amide bonds. The van der Waals surface area contributed by atoms with Crippen molar-refractivity contribution in [3.8, 4) is 17.1 Å². The molecule has 198 valence electrons. The van der Waals surface area contributed by atoms with Gasteiger partial charge in [-0.3, -0.25) is 9.36 Å². The number of thioether (sulfide) groups is 1. The second-order valence-electron chi connectivity index (χ2n) is 9.90. The van der Waals surface area contributed by atoms with Gasteiger partial charge in [-0.2, -0.15) is 0 Å². The number of nitrogens with zero attached hydrogens (tertiary/aromatic N) is 5. The number of aryl methyl sites for hydroxylation is 2. The fourth-order valence-electron chi connectivity index (χ4n) is 4.14. The molecule has 7 heteroatoms. The van der Waals surface area contributed by atoms with Crippen LogP contribution in [0.1, 0.15) is 29.5 Å². The molecule has 0 aliphatic rings. The van der Waals surface area contributed by atoms with Gasteiger partial charge >= 0.3 is 0 Å². The molecule has 0 aliphatic carbocycles. The lowest BCUT2D eigenvalue weighted by Gasteiger charge is -2.24. The van der Waals surface area contributed by atoms with E-state index in [1.165, 1.54) is 11.1 Å². The minimum atomic E-state index is 0.191. The molecule has 1 heterocycles. The minimum Gasteiger partial charge on any atom is -0.337 e. The summed E-state index contributed by atoms with van der Waals surface area (Å²) in [4.78, 5) is 17.3. The highest BCUT2D eigenvalue weighted by Crippen LogP contribution is 2.29. The van der Waals surface area contributed by atoms with Gasteiger partial charge in [0.05, 0.1) is 0 Å². The van der Waals surface area contributed by atoms with E-state index in [1.54, 1.807) is 11.8 Å². The van der Waals surface area contributed by atoms with Crippen LogP contribution in [0.2, 0.25) is 0 Å². The minimum absolute atomic E-state index is 0.191. The van der Waals surface area contributed by atoms with E-state index in [-0.39, 0.29) is 5.91 Å². The molecule has 0 spiro atoms. The van der Waals surface area contributed by atoms with Gasteiger partial charge in [-0.05, 0) is 52.1 Å². The predicted molar refractivity (Wildman–Crippen MR) is 157 cm³/mol. The summed E-state index contributed by atoms with van der Waals surface area (Å²) in [7, 11) is 4.08. The van der Waals surface area contributed by atoms with Gasteiger partial charge < -0.3 is 9.80 Å². The Hall–Kier alpha value is -3.42. The largest absolute Gasteiger partial charge is 0.337 e. The molecule has 1 aromatic heterocycles. The van der Waals surface area contributed by atoms with Gasteiger partial charge in [0.1, 0.15) is 0 Å².